The van der Waals surface area contributed by atoms with Gasteiger partial charge in [-0.2, -0.15) is 4.98 Å². The minimum absolute atomic E-state index is 0. The molecule has 0 aliphatic carbocycles. The molecule has 148 valence electrons. The molecule has 28 heavy (non-hydrogen) atoms. The molecule has 8 heteroatoms. The monoisotopic (exact) mass is 511 g/mol. The Kier molecular flexibility index (Phi) is 9.22. The molecule has 3 aromatic rings. The van der Waals surface area contributed by atoms with Crippen LogP contribution in [0.2, 0.25) is 5.02 Å². The molecule has 3 rings (SSSR count). The zero-order chi connectivity index (χ0) is 18.9. The molecule has 2 aromatic carbocycles. The van der Waals surface area contributed by atoms with Gasteiger partial charge in [-0.15, -0.1) is 24.0 Å². The van der Waals surface area contributed by atoms with Gasteiger partial charge in [0.25, 0.3) is 0 Å². The molecular formula is C20H23ClIN5O. The Bertz CT molecular complexity index is 868. The summed E-state index contributed by atoms with van der Waals surface area (Å²) in [5.41, 5.74) is 2.14. The molecule has 0 aliphatic rings. The first kappa shape index (κ1) is 22.2. The molecular weight excluding hydrogens is 489 g/mol. The van der Waals surface area contributed by atoms with Crippen LogP contribution in [0.4, 0.5) is 0 Å². The Balaban J connectivity index is 0.00000280. The third kappa shape index (κ3) is 6.79. The van der Waals surface area contributed by atoms with Crippen LogP contribution in [0, 0.1) is 0 Å². The van der Waals surface area contributed by atoms with E-state index in [1.54, 1.807) is 12.1 Å². The van der Waals surface area contributed by atoms with Crippen molar-refractivity contribution in [3.8, 4) is 11.4 Å². The van der Waals surface area contributed by atoms with Crippen molar-refractivity contribution in [1.29, 1.82) is 0 Å². The molecule has 2 N–H and O–H groups in total. The van der Waals surface area contributed by atoms with E-state index >= 15 is 0 Å². The molecule has 0 bridgehead atoms. The Hall–Kier alpha value is -2.13. The van der Waals surface area contributed by atoms with E-state index in [1.807, 2.05) is 37.3 Å². The van der Waals surface area contributed by atoms with Crippen LogP contribution in [0.15, 0.2) is 64.1 Å². The molecule has 1 aromatic heterocycles. The van der Waals surface area contributed by atoms with Crippen LogP contribution in [-0.4, -0.2) is 29.2 Å². The number of hydrogen-bond donors (Lipinski definition) is 2. The second-order valence-electron chi connectivity index (χ2n) is 5.88. The SMILES string of the molecule is CCNC(=NCc1nc(-c2ccc(Cl)cc2)no1)NCCc1ccccc1.I. The number of guanidine groups is 1. The van der Waals surface area contributed by atoms with E-state index in [2.05, 4.69) is 37.9 Å². The van der Waals surface area contributed by atoms with Crippen molar-refractivity contribution in [3.63, 3.8) is 0 Å². The van der Waals surface area contributed by atoms with E-state index in [4.69, 9.17) is 16.1 Å². The van der Waals surface area contributed by atoms with Gasteiger partial charge in [-0.25, -0.2) is 4.99 Å². The first-order chi connectivity index (χ1) is 13.2. The van der Waals surface area contributed by atoms with Crippen molar-refractivity contribution in [1.82, 2.24) is 20.8 Å². The maximum absolute atomic E-state index is 5.90. The van der Waals surface area contributed by atoms with Gasteiger partial charge in [-0.05, 0) is 43.2 Å². The van der Waals surface area contributed by atoms with E-state index in [0.717, 1.165) is 31.0 Å². The summed E-state index contributed by atoms with van der Waals surface area (Å²) >= 11 is 5.90. The quantitative estimate of drug-likeness (QED) is 0.281. The van der Waals surface area contributed by atoms with Crippen molar-refractivity contribution in [2.45, 2.75) is 19.9 Å². The number of halogens is 2. The number of hydrogen-bond acceptors (Lipinski definition) is 4. The van der Waals surface area contributed by atoms with Gasteiger partial charge in [0.05, 0.1) is 0 Å². The van der Waals surface area contributed by atoms with Gasteiger partial charge < -0.3 is 15.2 Å². The Morgan fingerprint density at radius 2 is 1.82 bits per heavy atom. The normalized spacial score (nSPS) is 11.0. The summed E-state index contributed by atoms with van der Waals surface area (Å²) in [6.07, 6.45) is 0.923. The molecule has 0 spiro atoms. The molecule has 0 atom stereocenters. The van der Waals surface area contributed by atoms with Crippen LogP contribution >= 0.6 is 35.6 Å². The van der Waals surface area contributed by atoms with E-state index in [-0.39, 0.29) is 24.0 Å². The number of aromatic nitrogens is 2. The van der Waals surface area contributed by atoms with Gasteiger partial charge >= 0.3 is 0 Å². The molecule has 1 heterocycles. The number of rotatable bonds is 7. The summed E-state index contributed by atoms with van der Waals surface area (Å²) in [6, 6.07) is 17.6. The van der Waals surface area contributed by atoms with Gasteiger partial charge in [-0.3, -0.25) is 0 Å². The van der Waals surface area contributed by atoms with Crippen LogP contribution in [0.3, 0.4) is 0 Å². The van der Waals surface area contributed by atoms with Crippen LogP contribution < -0.4 is 10.6 Å². The fraction of sp³-hybridized carbons (Fsp3) is 0.250. The molecule has 0 saturated carbocycles. The highest BCUT2D eigenvalue weighted by Gasteiger charge is 2.08. The summed E-state index contributed by atoms with van der Waals surface area (Å²) in [4.78, 5) is 8.90. The number of nitrogens with one attached hydrogen (secondary N) is 2. The van der Waals surface area contributed by atoms with Crippen molar-refractivity contribution in [2.24, 2.45) is 4.99 Å². The van der Waals surface area contributed by atoms with E-state index in [1.165, 1.54) is 5.56 Å². The fourth-order valence-electron chi connectivity index (χ4n) is 2.49. The highest BCUT2D eigenvalue weighted by molar-refractivity contribution is 14.0. The summed E-state index contributed by atoms with van der Waals surface area (Å²) in [6.45, 7) is 3.90. The van der Waals surface area contributed by atoms with Crippen molar-refractivity contribution in [2.75, 3.05) is 13.1 Å². The lowest BCUT2D eigenvalue weighted by molar-refractivity contribution is 0.380. The van der Waals surface area contributed by atoms with E-state index in [0.29, 0.717) is 23.3 Å². The first-order valence-electron chi connectivity index (χ1n) is 8.89. The number of aliphatic imine (C=N–C) groups is 1. The van der Waals surface area contributed by atoms with Gasteiger partial charge in [0.2, 0.25) is 11.7 Å². The Morgan fingerprint density at radius 1 is 1.07 bits per heavy atom. The zero-order valence-electron chi connectivity index (χ0n) is 15.6. The average molecular weight is 512 g/mol. The fourth-order valence-corrected chi connectivity index (χ4v) is 2.62. The number of nitrogens with zero attached hydrogens (tertiary/aromatic N) is 3. The molecule has 0 saturated heterocycles. The van der Waals surface area contributed by atoms with Gasteiger partial charge in [0, 0.05) is 23.7 Å². The van der Waals surface area contributed by atoms with E-state index in [9.17, 15) is 0 Å². The third-order valence-electron chi connectivity index (χ3n) is 3.84. The smallest absolute Gasteiger partial charge is 0.248 e. The second-order valence-corrected chi connectivity index (χ2v) is 6.31. The van der Waals surface area contributed by atoms with Gasteiger partial charge in [-0.1, -0.05) is 47.1 Å². The lowest BCUT2D eigenvalue weighted by Crippen LogP contribution is -2.38. The largest absolute Gasteiger partial charge is 0.357 e. The van der Waals surface area contributed by atoms with Crippen LogP contribution in [0.1, 0.15) is 18.4 Å². The highest BCUT2D eigenvalue weighted by Crippen LogP contribution is 2.18. The van der Waals surface area contributed by atoms with Crippen LogP contribution in [-0.2, 0) is 13.0 Å². The molecule has 0 aliphatic heterocycles. The topological polar surface area (TPSA) is 75.3 Å². The Morgan fingerprint density at radius 3 is 2.54 bits per heavy atom. The Labute approximate surface area is 186 Å². The summed E-state index contributed by atoms with van der Waals surface area (Å²) in [7, 11) is 0. The molecule has 6 nitrogen and oxygen atoms in total. The summed E-state index contributed by atoms with van der Waals surface area (Å²) in [5.74, 6) is 1.71. The van der Waals surface area contributed by atoms with Crippen LogP contribution in [0.5, 0.6) is 0 Å². The van der Waals surface area contributed by atoms with Crippen molar-refractivity contribution >= 4 is 41.5 Å². The molecule has 0 unspecified atom stereocenters. The molecule has 0 amide bonds. The predicted octanol–water partition coefficient (Wildman–Crippen LogP) is 4.31. The molecule has 0 radical (unpaired) electrons. The maximum atomic E-state index is 5.90. The standard InChI is InChI=1S/C20H22ClN5O.HI/c1-2-22-20(23-13-12-15-6-4-3-5-7-15)24-14-18-25-19(26-27-18)16-8-10-17(21)11-9-16;/h3-11H,2,12-14H2,1H3,(H2,22,23,24);1H. The van der Waals surface area contributed by atoms with Gasteiger partial charge in [0.15, 0.2) is 5.96 Å². The predicted molar refractivity (Wildman–Crippen MR) is 123 cm³/mol. The third-order valence-corrected chi connectivity index (χ3v) is 4.09. The molecule has 0 fully saturated rings. The van der Waals surface area contributed by atoms with Crippen LogP contribution in [0.25, 0.3) is 11.4 Å². The summed E-state index contributed by atoms with van der Waals surface area (Å²) in [5, 5.41) is 11.2. The minimum Gasteiger partial charge on any atom is -0.357 e. The zero-order valence-corrected chi connectivity index (χ0v) is 18.6. The highest BCUT2D eigenvalue weighted by atomic mass is 127. The van der Waals surface area contributed by atoms with Crippen molar-refractivity contribution < 1.29 is 4.52 Å². The number of benzene rings is 2. The maximum Gasteiger partial charge on any atom is 0.248 e. The minimum atomic E-state index is 0. The lowest BCUT2D eigenvalue weighted by atomic mass is 10.1. The average Bonchev–Trinajstić information content (AvgIpc) is 3.16. The summed E-state index contributed by atoms with van der Waals surface area (Å²) < 4.78 is 5.29. The lowest BCUT2D eigenvalue weighted by Gasteiger charge is -2.10. The van der Waals surface area contributed by atoms with Gasteiger partial charge in [0.1, 0.15) is 6.54 Å². The van der Waals surface area contributed by atoms with E-state index < -0.39 is 0 Å². The first-order valence-corrected chi connectivity index (χ1v) is 9.27. The second kappa shape index (κ2) is 11.7. The van der Waals surface area contributed by atoms with Crippen molar-refractivity contribution in [3.05, 3.63) is 71.1 Å².